The van der Waals surface area contributed by atoms with Gasteiger partial charge in [0.2, 0.25) is 0 Å². The first-order valence-corrected chi connectivity index (χ1v) is 11.8. The Morgan fingerprint density at radius 3 is 1.97 bits per heavy atom. The topological polar surface area (TPSA) is 59.5 Å². The lowest BCUT2D eigenvalue weighted by molar-refractivity contribution is 0.0525. The summed E-state index contributed by atoms with van der Waals surface area (Å²) < 4.78 is 25.4. The van der Waals surface area contributed by atoms with Crippen molar-refractivity contribution in [3.63, 3.8) is 0 Å². The first-order valence-electron chi connectivity index (χ1n) is 10.0. The highest BCUT2D eigenvalue weighted by atomic mass is 35.5. The van der Waals surface area contributed by atoms with Crippen LogP contribution in [0.2, 0.25) is 10.0 Å². The molecule has 0 aliphatic carbocycles. The monoisotopic (exact) mass is 474 g/mol. The molecule has 0 radical (unpaired) electrons. The molecule has 1 aromatic heterocycles. The predicted molar refractivity (Wildman–Crippen MR) is 124 cm³/mol. The summed E-state index contributed by atoms with van der Waals surface area (Å²) in [4.78, 5) is 6.29. The number of hydrogen-bond acceptors (Lipinski definition) is 4. The fraction of sp³-hybridized carbons (Fsp3) is 0.261. The van der Waals surface area contributed by atoms with Gasteiger partial charge in [-0.2, -0.15) is 0 Å². The van der Waals surface area contributed by atoms with E-state index in [0.29, 0.717) is 36.1 Å². The van der Waals surface area contributed by atoms with Crippen LogP contribution in [0.15, 0.2) is 73.1 Å². The highest BCUT2D eigenvalue weighted by Crippen LogP contribution is 2.35. The standard InChI is InChI=1S/C23H23Cl2N3O2S/c24-20-5-1-18(2-6-20)23(19-3-7-21(25)8-4-19)27-15-22(16-27)28(31(29)30)14-11-17-9-12-26-13-10-17/h1-10,12-13,22-23H,11,14-16H2,(H,29,30)/p-1. The zero-order valence-corrected chi connectivity index (χ0v) is 19.1. The van der Waals surface area contributed by atoms with Crippen LogP contribution in [0.25, 0.3) is 0 Å². The second kappa shape index (κ2) is 10.2. The van der Waals surface area contributed by atoms with Crippen LogP contribution in [0.4, 0.5) is 0 Å². The molecular formula is C23H22Cl2N3O2S-. The van der Waals surface area contributed by atoms with Gasteiger partial charge >= 0.3 is 0 Å². The summed E-state index contributed by atoms with van der Waals surface area (Å²) in [6, 6.07) is 19.4. The highest BCUT2D eigenvalue weighted by Gasteiger charge is 2.37. The molecule has 2 heterocycles. The van der Waals surface area contributed by atoms with Crippen molar-refractivity contribution in [2.75, 3.05) is 19.6 Å². The van der Waals surface area contributed by atoms with Crippen molar-refractivity contribution in [2.45, 2.75) is 18.5 Å². The molecule has 2 aromatic carbocycles. The van der Waals surface area contributed by atoms with E-state index in [2.05, 4.69) is 9.88 Å². The molecule has 0 amide bonds. The normalized spacial score (nSPS) is 15.9. The first-order chi connectivity index (χ1) is 15.0. The van der Waals surface area contributed by atoms with Crippen LogP contribution in [0.1, 0.15) is 22.7 Å². The van der Waals surface area contributed by atoms with Gasteiger partial charge in [0.05, 0.1) is 6.04 Å². The number of likely N-dealkylation sites (tertiary alicyclic amines) is 1. The molecule has 1 aliphatic heterocycles. The van der Waals surface area contributed by atoms with E-state index in [1.165, 1.54) is 0 Å². The number of halogens is 2. The van der Waals surface area contributed by atoms with Crippen LogP contribution in [0.3, 0.4) is 0 Å². The minimum absolute atomic E-state index is 0.00733. The van der Waals surface area contributed by atoms with Crippen molar-refractivity contribution >= 4 is 34.5 Å². The van der Waals surface area contributed by atoms with Crippen molar-refractivity contribution in [3.8, 4) is 0 Å². The quantitative estimate of drug-likeness (QED) is 0.450. The maximum atomic E-state index is 11.9. The summed E-state index contributed by atoms with van der Waals surface area (Å²) in [6.07, 6.45) is 4.11. The Hall–Kier alpha value is -1.80. The van der Waals surface area contributed by atoms with Crippen molar-refractivity contribution < 1.29 is 8.76 Å². The molecule has 1 saturated heterocycles. The van der Waals surface area contributed by atoms with E-state index in [-0.39, 0.29) is 12.1 Å². The molecule has 162 valence electrons. The minimum Gasteiger partial charge on any atom is -0.760 e. The second-order valence-corrected chi connectivity index (χ2v) is 9.35. The van der Waals surface area contributed by atoms with E-state index in [9.17, 15) is 8.76 Å². The van der Waals surface area contributed by atoms with Gasteiger partial charge in [-0.05, 0) is 59.5 Å². The van der Waals surface area contributed by atoms with E-state index >= 15 is 0 Å². The Balaban J connectivity index is 1.48. The third kappa shape index (κ3) is 5.52. The lowest BCUT2D eigenvalue weighted by Crippen LogP contribution is -2.60. The van der Waals surface area contributed by atoms with Gasteiger partial charge in [-0.15, -0.1) is 0 Å². The van der Waals surface area contributed by atoms with Gasteiger partial charge in [-0.3, -0.25) is 14.1 Å². The van der Waals surface area contributed by atoms with Gasteiger partial charge < -0.3 is 4.55 Å². The van der Waals surface area contributed by atoms with Crippen LogP contribution in [0, 0.1) is 0 Å². The van der Waals surface area contributed by atoms with Crippen molar-refractivity contribution in [1.29, 1.82) is 0 Å². The smallest absolute Gasteiger partial charge is 0.0602 e. The predicted octanol–water partition coefficient (Wildman–Crippen LogP) is 4.50. The number of aromatic nitrogens is 1. The van der Waals surface area contributed by atoms with Gasteiger partial charge in [0.25, 0.3) is 0 Å². The largest absolute Gasteiger partial charge is 0.760 e. The summed E-state index contributed by atoms with van der Waals surface area (Å²) in [5, 5.41) is 1.37. The Kier molecular flexibility index (Phi) is 7.38. The van der Waals surface area contributed by atoms with Gasteiger partial charge in [0.15, 0.2) is 0 Å². The van der Waals surface area contributed by atoms with Crippen molar-refractivity contribution in [1.82, 2.24) is 14.2 Å². The maximum Gasteiger partial charge on any atom is 0.0602 e. The molecule has 8 heteroatoms. The van der Waals surface area contributed by atoms with Crippen LogP contribution < -0.4 is 0 Å². The number of pyridine rings is 1. The minimum atomic E-state index is -2.27. The van der Waals surface area contributed by atoms with E-state index in [1.807, 2.05) is 60.7 Å². The average Bonchev–Trinajstić information content (AvgIpc) is 2.74. The number of hydrogen-bond donors (Lipinski definition) is 0. The molecule has 0 spiro atoms. The zero-order valence-electron chi connectivity index (χ0n) is 16.7. The average molecular weight is 475 g/mol. The summed E-state index contributed by atoms with van der Waals surface area (Å²) in [7, 11) is 0. The Morgan fingerprint density at radius 2 is 1.48 bits per heavy atom. The van der Waals surface area contributed by atoms with Gasteiger partial charge in [-0.25, -0.2) is 4.31 Å². The van der Waals surface area contributed by atoms with Crippen LogP contribution in [-0.2, 0) is 17.7 Å². The van der Waals surface area contributed by atoms with E-state index in [1.54, 1.807) is 16.7 Å². The third-order valence-corrected chi connectivity index (χ3v) is 6.96. The lowest BCUT2D eigenvalue weighted by atomic mass is 9.93. The lowest BCUT2D eigenvalue weighted by Gasteiger charge is -2.49. The van der Waals surface area contributed by atoms with Crippen LogP contribution >= 0.6 is 23.2 Å². The van der Waals surface area contributed by atoms with Crippen molar-refractivity contribution in [3.05, 3.63) is 99.8 Å². The Bertz CT molecular complexity index is 968. The molecule has 1 fully saturated rings. The Morgan fingerprint density at radius 1 is 0.968 bits per heavy atom. The summed E-state index contributed by atoms with van der Waals surface area (Å²) in [5.74, 6) is 0. The van der Waals surface area contributed by atoms with Gasteiger partial charge in [-0.1, -0.05) is 47.5 Å². The molecular weight excluding hydrogens is 453 g/mol. The molecule has 0 N–H and O–H groups in total. The fourth-order valence-corrected chi connectivity index (χ4v) is 4.82. The molecule has 1 unspecified atom stereocenters. The van der Waals surface area contributed by atoms with E-state index < -0.39 is 11.3 Å². The molecule has 0 saturated carbocycles. The third-order valence-electron chi connectivity index (χ3n) is 5.60. The van der Waals surface area contributed by atoms with Gasteiger partial charge in [0, 0.05) is 59.4 Å². The molecule has 1 atom stereocenters. The molecule has 31 heavy (non-hydrogen) atoms. The van der Waals surface area contributed by atoms with Crippen LogP contribution in [-0.4, -0.2) is 48.6 Å². The maximum absolute atomic E-state index is 11.9. The summed E-state index contributed by atoms with van der Waals surface area (Å²) in [6.45, 7) is 1.76. The number of benzene rings is 2. The molecule has 5 nitrogen and oxygen atoms in total. The number of rotatable bonds is 8. The fourth-order valence-electron chi connectivity index (χ4n) is 3.95. The highest BCUT2D eigenvalue weighted by molar-refractivity contribution is 7.76. The Labute approximate surface area is 195 Å². The zero-order chi connectivity index (χ0) is 21.8. The second-order valence-electron chi connectivity index (χ2n) is 7.58. The van der Waals surface area contributed by atoms with E-state index in [4.69, 9.17) is 23.2 Å². The molecule has 3 aromatic rings. The summed E-state index contributed by atoms with van der Waals surface area (Å²) >= 11 is 9.90. The van der Waals surface area contributed by atoms with Crippen LogP contribution in [0.5, 0.6) is 0 Å². The summed E-state index contributed by atoms with van der Waals surface area (Å²) in [5.41, 5.74) is 3.29. The van der Waals surface area contributed by atoms with Crippen molar-refractivity contribution in [2.24, 2.45) is 0 Å². The first kappa shape index (κ1) is 22.4. The number of nitrogens with zero attached hydrogens (tertiary/aromatic N) is 3. The van der Waals surface area contributed by atoms with E-state index in [0.717, 1.165) is 16.7 Å². The molecule has 1 aliphatic rings. The SMILES string of the molecule is O=S([O-])N(CCc1ccncc1)C1CN(C(c2ccc(Cl)cc2)c2ccc(Cl)cc2)C1. The molecule has 0 bridgehead atoms. The molecule has 4 rings (SSSR count). The van der Waals surface area contributed by atoms with Gasteiger partial charge in [0.1, 0.15) is 0 Å².